The Hall–Kier alpha value is -0.340. The van der Waals surface area contributed by atoms with Gasteiger partial charge in [0.05, 0.1) is 10.0 Å². The Morgan fingerprint density at radius 1 is 1.42 bits per heavy atom. The zero-order valence-electron chi connectivity index (χ0n) is 9.65. The van der Waals surface area contributed by atoms with Crippen molar-refractivity contribution in [3.63, 3.8) is 0 Å². The SMILES string of the molecule is CCC(NS(=O)(=O)c1c(Cl)cc(Br)cc1Cl)C(=O)O. The molecule has 1 aromatic carbocycles. The van der Waals surface area contributed by atoms with Crippen molar-refractivity contribution in [2.24, 2.45) is 0 Å². The van der Waals surface area contributed by atoms with Crippen molar-refractivity contribution in [3.8, 4) is 0 Å². The summed E-state index contributed by atoms with van der Waals surface area (Å²) in [5, 5.41) is 8.68. The number of carboxylic acids is 1. The number of aliphatic carboxylic acids is 1. The normalized spacial score (nSPS) is 13.3. The predicted octanol–water partition coefficient (Wildman–Crippen LogP) is 2.90. The summed E-state index contributed by atoms with van der Waals surface area (Å²) in [5.41, 5.74) is 0. The smallest absolute Gasteiger partial charge is 0.321 e. The molecule has 1 rings (SSSR count). The van der Waals surface area contributed by atoms with Crippen LogP contribution in [-0.4, -0.2) is 25.5 Å². The zero-order chi connectivity index (χ0) is 14.8. The van der Waals surface area contributed by atoms with Gasteiger partial charge in [-0.25, -0.2) is 8.42 Å². The third-order valence-electron chi connectivity index (χ3n) is 2.24. The summed E-state index contributed by atoms with van der Waals surface area (Å²) >= 11 is 14.8. The van der Waals surface area contributed by atoms with Crippen molar-refractivity contribution < 1.29 is 18.3 Å². The van der Waals surface area contributed by atoms with Crippen molar-refractivity contribution in [1.82, 2.24) is 4.72 Å². The lowest BCUT2D eigenvalue weighted by atomic mass is 10.2. The molecule has 9 heteroatoms. The molecule has 0 aliphatic rings. The molecule has 2 N–H and O–H groups in total. The van der Waals surface area contributed by atoms with Crippen LogP contribution in [-0.2, 0) is 14.8 Å². The molecule has 0 aliphatic carbocycles. The number of carbonyl (C=O) groups is 1. The van der Waals surface area contributed by atoms with Crippen molar-refractivity contribution in [2.75, 3.05) is 0 Å². The summed E-state index contributed by atoms with van der Waals surface area (Å²) < 4.78 is 26.8. The molecule has 0 bridgehead atoms. The maximum atomic E-state index is 12.1. The van der Waals surface area contributed by atoms with Crippen LogP contribution in [0.3, 0.4) is 0 Å². The first-order valence-electron chi connectivity index (χ1n) is 5.08. The molecule has 0 saturated carbocycles. The Morgan fingerprint density at radius 3 is 2.26 bits per heavy atom. The van der Waals surface area contributed by atoms with E-state index in [0.29, 0.717) is 4.47 Å². The monoisotopic (exact) mass is 389 g/mol. The van der Waals surface area contributed by atoms with Gasteiger partial charge in [-0.2, -0.15) is 4.72 Å². The molecule has 0 fully saturated rings. The van der Waals surface area contributed by atoms with Gasteiger partial charge >= 0.3 is 5.97 Å². The molecule has 1 aromatic rings. The molecule has 5 nitrogen and oxygen atoms in total. The van der Waals surface area contributed by atoms with Gasteiger partial charge in [-0.3, -0.25) is 4.79 Å². The molecule has 106 valence electrons. The van der Waals surface area contributed by atoms with Gasteiger partial charge in [-0.15, -0.1) is 0 Å². The summed E-state index contributed by atoms with van der Waals surface area (Å²) in [6.07, 6.45) is 0.0975. The highest BCUT2D eigenvalue weighted by molar-refractivity contribution is 9.10. The fourth-order valence-corrected chi connectivity index (χ4v) is 4.55. The molecule has 1 atom stereocenters. The Labute approximate surface area is 129 Å². The lowest BCUT2D eigenvalue weighted by Crippen LogP contribution is -2.40. The van der Waals surface area contributed by atoms with E-state index in [1.807, 2.05) is 4.72 Å². The first kappa shape index (κ1) is 16.7. The second-order valence-electron chi connectivity index (χ2n) is 3.62. The molecule has 0 heterocycles. The summed E-state index contributed by atoms with van der Waals surface area (Å²) in [6.45, 7) is 1.55. The minimum absolute atomic E-state index is 0.0906. The van der Waals surface area contributed by atoms with Crippen molar-refractivity contribution in [3.05, 3.63) is 26.7 Å². The highest BCUT2D eigenvalue weighted by Crippen LogP contribution is 2.32. The van der Waals surface area contributed by atoms with E-state index >= 15 is 0 Å². The first-order chi connectivity index (χ1) is 8.69. The van der Waals surface area contributed by atoms with Crippen LogP contribution < -0.4 is 4.72 Å². The number of sulfonamides is 1. The third kappa shape index (κ3) is 4.06. The predicted molar refractivity (Wildman–Crippen MR) is 76.2 cm³/mol. The number of rotatable bonds is 5. The van der Waals surface area contributed by atoms with E-state index in [-0.39, 0.29) is 21.4 Å². The molecule has 1 unspecified atom stereocenters. The minimum atomic E-state index is -4.11. The molecular weight excluding hydrogens is 381 g/mol. The van der Waals surface area contributed by atoms with E-state index in [2.05, 4.69) is 15.9 Å². The zero-order valence-corrected chi connectivity index (χ0v) is 13.6. The number of halogens is 3. The van der Waals surface area contributed by atoms with E-state index in [4.69, 9.17) is 28.3 Å². The largest absolute Gasteiger partial charge is 0.480 e. The van der Waals surface area contributed by atoms with Gasteiger partial charge in [-0.05, 0) is 18.6 Å². The average molecular weight is 391 g/mol. The fourth-order valence-electron chi connectivity index (χ4n) is 1.34. The molecular formula is C10H10BrCl2NO4S. The van der Waals surface area contributed by atoms with Crippen LogP contribution in [0.5, 0.6) is 0 Å². The van der Waals surface area contributed by atoms with Crippen LogP contribution in [0.15, 0.2) is 21.5 Å². The van der Waals surface area contributed by atoms with E-state index in [9.17, 15) is 13.2 Å². The lowest BCUT2D eigenvalue weighted by Gasteiger charge is -2.14. The standard InChI is InChI=1S/C10H10BrCl2NO4S/c1-2-8(10(15)16)14-19(17,18)9-6(12)3-5(11)4-7(9)13/h3-4,8,14H,2H2,1H3,(H,15,16). The quantitative estimate of drug-likeness (QED) is 0.809. The van der Waals surface area contributed by atoms with Crippen LogP contribution in [0.25, 0.3) is 0 Å². The number of hydrogen-bond donors (Lipinski definition) is 2. The van der Waals surface area contributed by atoms with Crippen LogP contribution in [0.4, 0.5) is 0 Å². The summed E-state index contributed by atoms with van der Waals surface area (Å²) in [6, 6.07) is 1.49. The highest BCUT2D eigenvalue weighted by Gasteiger charge is 2.28. The van der Waals surface area contributed by atoms with E-state index in [1.54, 1.807) is 6.92 Å². The molecule has 0 amide bonds. The number of hydrogen-bond acceptors (Lipinski definition) is 3. The maximum Gasteiger partial charge on any atom is 0.321 e. The van der Waals surface area contributed by atoms with Gasteiger partial charge in [-0.1, -0.05) is 46.1 Å². The van der Waals surface area contributed by atoms with Crippen molar-refractivity contribution in [2.45, 2.75) is 24.3 Å². The highest BCUT2D eigenvalue weighted by atomic mass is 79.9. The van der Waals surface area contributed by atoms with Gasteiger partial charge in [0.15, 0.2) is 0 Å². The van der Waals surface area contributed by atoms with Crippen LogP contribution in [0.1, 0.15) is 13.3 Å². The topological polar surface area (TPSA) is 83.5 Å². The Balaban J connectivity index is 3.25. The number of carboxylic acid groups (broad SMARTS) is 1. The van der Waals surface area contributed by atoms with Crippen molar-refractivity contribution in [1.29, 1.82) is 0 Å². The number of benzene rings is 1. The summed E-state index contributed by atoms with van der Waals surface area (Å²) in [5.74, 6) is -1.27. The number of nitrogens with one attached hydrogen (secondary N) is 1. The van der Waals surface area contributed by atoms with Gasteiger partial charge in [0.25, 0.3) is 0 Å². The summed E-state index contributed by atoms with van der Waals surface area (Å²) in [7, 11) is -4.11. The van der Waals surface area contributed by atoms with Gasteiger partial charge < -0.3 is 5.11 Å². The third-order valence-corrected chi connectivity index (χ3v) is 5.09. The van der Waals surface area contributed by atoms with Gasteiger partial charge in [0, 0.05) is 4.47 Å². The second-order valence-corrected chi connectivity index (χ2v) is 7.00. The first-order valence-corrected chi connectivity index (χ1v) is 8.12. The molecule has 0 aromatic heterocycles. The second kappa shape index (κ2) is 6.41. The van der Waals surface area contributed by atoms with E-state index < -0.39 is 22.0 Å². The molecule has 0 spiro atoms. The van der Waals surface area contributed by atoms with E-state index in [0.717, 1.165) is 0 Å². The van der Waals surface area contributed by atoms with Crippen LogP contribution >= 0.6 is 39.1 Å². The molecule has 0 radical (unpaired) electrons. The minimum Gasteiger partial charge on any atom is -0.480 e. The fraction of sp³-hybridized carbons (Fsp3) is 0.300. The summed E-state index contributed by atoms with van der Waals surface area (Å²) in [4.78, 5) is 10.5. The molecule has 19 heavy (non-hydrogen) atoms. The lowest BCUT2D eigenvalue weighted by molar-refractivity contribution is -0.139. The van der Waals surface area contributed by atoms with E-state index in [1.165, 1.54) is 12.1 Å². The Bertz CT molecular complexity index is 583. The van der Waals surface area contributed by atoms with Crippen LogP contribution in [0, 0.1) is 0 Å². The van der Waals surface area contributed by atoms with Crippen molar-refractivity contribution >= 4 is 55.1 Å². The molecule has 0 saturated heterocycles. The Morgan fingerprint density at radius 2 is 1.89 bits per heavy atom. The van der Waals surface area contributed by atoms with Gasteiger partial charge in [0.1, 0.15) is 10.9 Å². The average Bonchev–Trinajstić information content (AvgIpc) is 2.23. The van der Waals surface area contributed by atoms with Crippen LogP contribution in [0.2, 0.25) is 10.0 Å². The Kier molecular flexibility index (Phi) is 5.64. The molecule has 0 aliphatic heterocycles. The maximum absolute atomic E-state index is 12.1. The van der Waals surface area contributed by atoms with Gasteiger partial charge in [0.2, 0.25) is 10.0 Å².